The minimum Gasteiger partial charge on any atom is -0.357 e. The fourth-order valence-electron chi connectivity index (χ4n) is 1.94. The maximum absolute atomic E-state index is 6.15. The number of aromatic nitrogens is 3. The van der Waals surface area contributed by atoms with E-state index in [1.54, 1.807) is 17.5 Å². The SMILES string of the molecule is CC(Cn1ccnc1)Nc1nc2cccc(Cl)c2s1. The van der Waals surface area contributed by atoms with Crippen molar-refractivity contribution in [3.63, 3.8) is 0 Å². The molecular weight excluding hydrogens is 280 g/mol. The van der Waals surface area contributed by atoms with Crippen molar-refractivity contribution in [1.82, 2.24) is 14.5 Å². The Kier molecular flexibility index (Phi) is 3.40. The third-order valence-corrected chi connectivity index (χ3v) is 4.24. The van der Waals surface area contributed by atoms with Crippen molar-refractivity contribution in [3.05, 3.63) is 41.9 Å². The smallest absolute Gasteiger partial charge is 0.184 e. The molecule has 1 atom stereocenters. The fraction of sp³-hybridized carbons (Fsp3) is 0.231. The summed E-state index contributed by atoms with van der Waals surface area (Å²) in [6.07, 6.45) is 5.55. The van der Waals surface area contributed by atoms with Gasteiger partial charge in [0, 0.05) is 25.0 Å². The van der Waals surface area contributed by atoms with E-state index in [2.05, 4.69) is 22.2 Å². The summed E-state index contributed by atoms with van der Waals surface area (Å²) in [5.74, 6) is 0. The number of nitrogens with one attached hydrogen (secondary N) is 1. The molecule has 1 aromatic carbocycles. The van der Waals surface area contributed by atoms with Gasteiger partial charge in [0.15, 0.2) is 5.13 Å². The molecule has 0 aliphatic rings. The van der Waals surface area contributed by atoms with Gasteiger partial charge in [-0.05, 0) is 19.1 Å². The van der Waals surface area contributed by atoms with Crippen LogP contribution in [0.25, 0.3) is 10.2 Å². The van der Waals surface area contributed by atoms with E-state index in [1.165, 1.54) is 0 Å². The average Bonchev–Trinajstić information content (AvgIpc) is 2.98. The maximum Gasteiger partial charge on any atom is 0.184 e. The Hall–Kier alpha value is -1.59. The summed E-state index contributed by atoms with van der Waals surface area (Å²) < 4.78 is 3.07. The summed E-state index contributed by atoms with van der Waals surface area (Å²) in [5, 5.41) is 5.05. The van der Waals surface area contributed by atoms with Crippen LogP contribution in [0.1, 0.15) is 6.92 Å². The van der Waals surface area contributed by atoms with E-state index in [0.29, 0.717) is 0 Å². The molecule has 1 unspecified atom stereocenters. The van der Waals surface area contributed by atoms with Gasteiger partial charge in [-0.3, -0.25) is 0 Å². The monoisotopic (exact) mass is 292 g/mol. The molecule has 6 heteroatoms. The molecule has 98 valence electrons. The highest BCUT2D eigenvalue weighted by Crippen LogP contribution is 2.31. The maximum atomic E-state index is 6.15. The zero-order valence-electron chi connectivity index (χ0n) is 10.4. The highest BCUT2D eigenvalue weighted by molar-refractivity contribution is 7.22. The van der Waals surface area contributed by atoms with E-state index in [9.17, 15) is 0 Å². The van der Waals surface area contributed by atoms with Crippen molar-refractivity contribution in [2.45, 2.75) is 19.5 Å². The van der Waals surface area contributed by atoms with Crippen molar-refractivity contribution in [2.75, 3.05) is 5.32 Å². The zero-order chi connectivity index (χ0) is 13.2. The summed E-state index contributed by atoms with van der Waals surface area (Å²) in [6.45, 7) is 2.97. The van der Waals surface area contributed by atoms with Gasteiger partial charge in [0.25, 0.3) is 0 Å². The molecule has 19 heavy (non-hydrogen) atoms. The summed E-state index contributed by atoms with van der Waals surface area (Å²) in [6, 6.07) is 6.06. The van der Waals surface area contributed by atoms with Crippen LogP contribution in [-0.4, -0.2) is 20.6 Å². The fourth-order valence-corrected chi connectivity index (χ4v) is 3.21. The van der Waals surface area contributed by atoms with Crippen LogP contribution in [-0.2, 0) is 6.54 Å². The molecule has 4 nitrogen and oxygen atoms in total. The first-order valence-electron chi connectivity index (χ1n) is 6.00. The van der Waals surface area contributed by atoms with Gasteiger partial charge in [0.05, 0.1) is 21.6 Å². The van der Waals surface area contributed by atoms with Crippen molar-refractivity contribution >= 4 is 38.3 Å². The summed E-state index contributed by atoms with van der Waals surface area (Å²) in [4.78, 5) is 8.57. The number of anilines is 1. The van der Waals surface area contributed by atoms with Crippen LogP contribution < -0.4 is 5.32 Å². The van der Waals surface area contributed by atoms with Gasteiger partial charge >= 0.3 is 0 Å². The van der Waals surface area contributed by atoms with Crippen LogP contribution in [0.4, 0.5) is 5.13 Å². The number of benzene rings is 1. The lowest BCUT2D eigenvalue weighted by atomic mass is 10.3. The largest absolute Gasteiger partial charge is 0.357 e. The molecule has 0 aliphatic carbocycles. The highest BCUT2D eigenvalue weighted by Gasteiger charge is 2.09. The predicted octanol–water partition coefficient (Wildman–Crippen LogP) is 3.65. The Morgan fingerprint density at radius 2 is 2.37 bits per heavy atom. The first-order chi connectivity index (χ1) is 9.22. The first kappa shape index (κ1) is 12.4. The minimum atomic E-state index is 0.272. The molecule has 2 heterocycles. The molecule has 0 amide bonds. The predicted molar refractivity (Wildman–Crippen MR) is 79.9 cm³/mol. The second-order valence-corrected chi connectivity index (χ2v) is 5.82. The molecule has 3 aromatic rings. The Morgan fingerprint density at radius 3 is 3.11 bits per heavy atom. The average molecular weight is 293 g/mol. The Morgan fingerprint density at radius 1 is 1.47 bits per heavy atom. The number of rotatable bonds is 4. The van der Waals surface area contributed by atoms with Crippen molar-refractivity contribution in [3.8, 4) is 0 Å². The quantitative estimate of drug-likeness (QED) is 0.798. The Labute approximate surface area is 120 Å². The van der Waals surface area contributed by atoms with Crippen LogP contribution in [0.2, 0.25) is 5.02 Å². The Bertz CT molecular complexity index is 677. The number of thiazole rings is 1. The van der Waals surface area contributed by atoms with Crippen LogP contribution in [0.5, 0.6) is 0 Å². The number of imidazole rings is 1. The molecule has 1 N–H and O–H groups in total. The highest BCUT2D eigenvalue weighted by atomic mass is 35.5. The molecule has 0 saturated heterocycles. The normalized spacial score (nSPS) is 12.7. The molecule has 2 aromatic heterocycles. The number of fused-ring (bicyclic) bond motifs is 1. The van der Waals surface area contributed by atoms with Gasteiger partial charge in [0.1, 0.15) is 0 Å². The summed E-state index contributed by atoms with van der Waals surface area (Å²) in [7, 11) is 0. The molecule has 0 saturated carbocycles. The van der Waals surface area contributed by atoms with Crippen LogP contribution >= 0.6 is 22.9 Å². The molecule has 0 fully saturated rings. The van der Waals surface area contributed by atoms with E-state index in [4.69, 9.17) is 11.6 Å². The summed E-state index contributed by atoms with van der Waals surface area (Å²) in [5.41, 5.74) is 0.940. The second-order valence-electron chi connectivity index (χ2n) is 4.41. The van der Waals surface area contributed by atoms with E-state index in [-0.39, 0.29) is 6.04 Å². The van der Waals surface area contributed by atoms with Crippen molar-refractivity contribution in [1.29, 1.82) is 0 Å². The van der Waals surface area contributed by atoms with Gasteiger partial charge in [-0.15, -0.1) is 0 Å². The molecule has 0 aliphatic heterocycles. The molecule has 0 spiro atoms. The topological polar surface area (TPSA) is 42.7 Å². The lowest BCUT2D eigenvalue weighted by molar-refractivity contribution is 0.618. The van der Waals surface area contributed by atoms with Gasteiger partial charge in [-0.1, -0.05) is 29.0 Å². The van der Waals surface area contributed by atoms with Crippen LogP contribution in [0.15, 0.2) is 36.9 Å². The van der Waals surface area contributed by atoms with Gasteiger partial charge < -0.3 is 9.88 Å². The summed E-state index contributed by atoms with van der Waals surface area (Å²) >= 11 is 7.74. The second kappa shape index (κ2) is 5.19. The van der Waals surface area contributed by atoms with E-state index < -0.39 is 0 Å². The third-order valence-electron chi connectivity index (χ3n) is 2.78. The van der Waals surface area contributed by atoms with E-state index >= 15 is 0 Å². The molecular formula is C13H13ClN4S. The van der Waals surface area contributed by atoms with Gasteiger partial charge in [-0.2, -0.15) is 0 Å². The van der Waals surface area contributed by atoms with Crippen LogP contribution in [0.3, 0.4) is 0 Å². The van der Waals surface area contributed by atoms with Crippen molar-refractivity contribution in [2.24, 2.45) is 0 Å². The number of hydrogen-bond acceptors (Lipinski definition) is 4. The number of hydrogen-bond donors (Lipinski definition) is 1. The van der Waals surface area contributed by atoms with Gasteiger partial charge in [-0.25, -0.2) is 9.97 Å². The Balaban J connectivity index is 1.76. The molecule has 0 radical (unpaired) electrons. The molecule has 3 rings (SSSR count). The number of nitrogens with zero attached hydrogens (tertiary/aromatic N) is 3. The zero-order valence-corrected chi connectivity index (χ0v) is 11.9. The lowest BCUT2D eigenvalue weighted by Crippen LogP contribution is -2.21. The lowest BCUT2D eigenvalue weighted by Gasteiger charge is -2.12. The van der Waals surface area contributed by atoms with E-state index in [0.717, 1.165) is 26.9 Å². The minimum absolute atomic E-state index is 0.272. The molecule has 0 bridgehead atoms. The van der Waals surface area contributed by atoms with Crippen LogP contribution in [0, 0.1) is 0 Å². The number of halogens is 1. The third kappa shape index (κ3) is 2.72. The van der Waals surface area contributed by atoms with Gasteiger partial charge in [0.2, 0.25) is 0 Å². The first-order valence-corrected chi connectivity index (χ1v) is 7.19. The van der Waals surface area contributed by atoms with Crippen molar-refractivity contribution < 1.29 is 0 Å². The standard InChI is InChI=1S/C13H13ClN4S/c1-9(7-18-6-5-15-8-18)16-13-17-11-4-2-3-10(14)12(11)19-13/h2-6,8-9H,7H2,1H3,(H,16,17). The van der Waals surface area contributed by atoms with E-state index in [1.807, 2.05) is 35.3 Å².